The smallest absolute Gasteiger partial charge is 0.347 e. The molecular formula is C10H16ClF3N2O2. The summed E-state index contributed by atoms with van der Waals surface area (Å²) in [5.74, 6) is -2.21. The molecule has 0 aromatic carbocycles. The molecule has 0 saturated carbocycles. The highest BCUT2D eigenvalue weighted by Crippen LogP contribution is 2.18. The van der Waals surface area contributed by atoms with Gasteiger partial charge in [-0.1, -0.05) is 6.92 Å². The second-order valence-electron chi connectivity index (χ2n) is 4.15. The number of halogens is 4. The molecule has 0 spiro atoms. The Morgan fingerprint density at radius 1 is 1.28 bits per heavy atom. The Hall–Kier alpha value is -0.980. The van der Waals surface area contributed by atoms with Crippen molar-refractivity contribution in [3.8, 4) is 0 Å². The van der Waals surface area contributed by atoms with Gasteiger partial charge in [0.05, 0.1) is 0 Å². The van der Waals surface area contributed by atoms with Crippen molar-refractivity contribution in [2.75, 3.05) is 33.1 Å². The molecule has 0 bridgehead atoms. The average molecular weight is 289 g/mol. The molecule has 4 nitrogen and oxygen atoms in total. The maximum Gasteiger partial charge on any atom is 0.406 e. The number of carbonyl (C=O) groups excluding carboxylic acids is 2. The molecule has 0 fully saturated rings. The van der Waals surface area contributed by atoms with Crippen molar-refractivity contribution in [1.82, 2.24) is 9.80 Å². The summed E-state index contributed by atoms with van der Waals surface area (Å²) in [6, 6.07) is 0. The minimum absolute atomic E-state index is 0.0939. The zero-order valence-electron chi connectivity index (χ0n) is 10.4. The lowest BCUT2D eigenvalue weighted by Gasteiger charge is -2.26. The van der Waals surface area contributed by atoms with Crippen LogP contribution in [0.5, 0.6) is 0 Å². The largest absolute Gasteiger partial charge is 0.406 e. The van der Waals surface area contributed by atoms with Gasteiger partial charge in [-0.3, -0.25) is 9.59 Å². The molecule has 0 aliphatic rings. The van der Waals surface area contributed by atoms with Crippen LogP contribution in [0.4, 0.5) is 13.2 Å². The van der Waals surface area contributed by atoms with E-state index in [0.717, 1.165) is 4.90 Å². The number of alkyl halides is 4. The highest BCUT2D eigenvalue weighted by Gasteiger charge is 2.35. The first kappa shape index (κ1) is 17.0. The highest BCUT2D eigenvalue weighted by molar-refractivity contribution is 6.19. The lowest BCUT2D eigenvalue weighted by atomic mass is 10.2. The Labute approximate surface area is 109 Å². The minimum atomic E-state index is -4.55. The molecule has 0 aromatic heterocycles. The van der Waals surface area contributed by atoms with E-state index in [-0.39, 0.29) is 5.88 Å². The van der Waals surface area contributed by atoms with E-state index in [9.17, 15) is 22.8 Å². The second kappa shape index (κ2) is 6.82. The number of carbonyl (C=O) groups is 2. The fourth-order valence-corrected chi connectivity index (χ4v) is 1.24. The van der Waals surface area contributed by atoms with Gasteiger partial charge in [0.25, 0.3) is 0 Å². The summed E-state index contributed by atoms with van der Waals surface area (Å²) in [6.07, 6.45) is -4.55. The highest BCUT2D eigenvalue weighted by atomic mass is 35.5. The summed E-state index contributed by atoms with van der Waals surface area (Å²) in [5, 5.41) is 0. The van der Waals surface area contributed by atoms with E-state index in [1.54, 1.807) is 0 Å². The first-order valence-electron chi connectivity index (χ1n) is 5.20. The van der Waals surface area contributed by atoms with Gasteiger partial charge in [-0.15, -0.1) is 11.6 Å². The second-order valence-corrected chi connectivity index (χ2v) is 4.46. The molecule has 1 unspecified atom stereocenters. The van der Waals surface area contributed by atoms with Crippen LogP contribution in [0.25, 0.3) is 0 Å². The molecule has 0 saturated heterocycles. The first-order valence-corrected chi connectivity index (χ1v) is 5.73. The lowest BCUT2D eigenvalue weighted by molar-refractivity contribution is -0.165. The predicted octanol–water partition coefficient (Wildman–Crippen LogP) is 1.34. The summed E-state index contributed by atoms with van der Waals surface area (Å²) < 4.78 is 37.0. The average Bonchev–Trinajstić information content (AvgIpc) is 2.23. The van der Waals surface area contributed by atoms with Crippen LogP contribution in [0.2, 0.25) is 0 Å². The summed E-state index contributed by atoms with van der Waals surface area (Å²) in [5.41, 5.74) is 0. The zero-order valence-corrected chi connectivity index (χ0v) is 11.2. The topological polar surface area (TPSA) is 40.6 Å². The fraction of sp³-hybridized carbons (Fsp3) is 0.800. The molecule has 0 radical (unpaired) electrons. The zero-order chi connectivity index (χ0) is 14.5. The van der Waals surface area contributed by atoms with Gasteiger partial charge >= 0.3 is 6.18 Å². The Kier molecular flexibility index (Phi) is 6.45. The van der Waals surface area contributed by atoms with Gasteiger partial charge in [-0.05, 0) is 0 Å². The van der Waals surface area contributed by atoms with E-state index >= 15 is 0 Å². The Bertz CT molecular complexity index is 308. The normalized spacial score (nSPS) is 13.1. The van der Waals surface area contributed by atoms with Crippen molar-refractivity contribution < 1.29 is 22.8 Å². The molecule has 0 rings (SSSR count). The third-order valence-electron chi connectivity index (χ3n) is 2.16. The Balaban J connectivity index is 4.83. The number of nitrogens with zero attached hydrogens (tertiary/aromatic N) is 2. The van der Waals surface area contributed by atoms with Gasteiger partial charge in [-0.2, -0.15) is 13.2 Å². The van der Waals surface area contributed by atoms with Gasteiger partial charge in [0.15, 0.2) is 0 Å². The van der Waals surface area contributed by atoms with Crippen LogP contribution in [-0.4, -0.2) is 60.9 Å². The number of hydrogen-bond donors (Lipinski definition) is 0. The van der Waals surface area contributed by atoms with Crippen LogP contribution < -0.4 is 0 Å². The van der Waals surface area contributed by atoms with Crippen molar-refractivity contribution in [2.24, 2.45) is 5.92 Å². The van der Waals surface area contributed by atoms with E-state index in [1.807, 2.05) is 0 Å². The molecule has 18 heavy (non-hydrogen) atoms. The van der Waals surface area contributed by atoms with E-state index in [4.69, 9.17) is 11.6 Å². The van der Waals surface area contributed by atoms with Gasteiger partial charge in [0.1, 0.15) is 13.1 Å². The summed E-state index contributed by atoms with van der Waals surface area (Å²) >= 11 is 5.44. The Morgan fingerprint density at radius 3 is 2.11 bits per heavy atom. The molecule has 106 valence electrons. The van der Waals surface area contributed by atoms with Crippen molar-refractivity contribution in [2.45, 2.75) is 13.1 Å². The number of rotatable bonds is 5. The monoisotopic (exact) mass is 288 g/mol. The van der Waals surface area contributed by atoms with Crippen molar-refractivity contribution in [3.63, 3.8) is 0 Å². The quantitative estimate of drug-likeness (QED) is 0.716. The first-order chi connectivity index (χ1) is 8.08. The van der Waals surface area contributed by atoms with E-state index < -0.39 is 37.0 Å². The third-order valence-corrected chi connectivity index (χ3v) is 2.62. The fourth-order valence-electron chi connectivity index (χ4n) is 1.11. The van der Waals surface area contributed by atoms with Gasteiger partial charge in [0.2, 0.25) is 11.8 Å². The van der Waals surface area contributed by atoms with E-state index in [0.29, 0.717) is 4.90 Å². The number of amides is 2. The molecular weight excluding hydrogens is 273 g/mol. The van der Waals surface area contributed by atoms with Crippen LogP contribution in [0.15, 0.2) is 0 Å². The lowest BCUT2D eigenvalue weighted by Crippen LogP contribution is -2.47. The standard InChI is InChI=1S/C10H16ClF3N2O2/c1-7(4-11)9(18)16(6-10(12,13)14)5-8(17)15(2)3/h7H,4-6H2,1-3H3. The number of likely N-dealkylation sites (N-methyl/N-ethyl adjacent to an activating group) is 1. The molecule has 8 heteroatoms. The van der Waals surface area contributed by atoms with Gasteiger partial charge < -0.3 is 9.80 Å². The van der Waals surface area contributed by atoms with Gasteiger partial charge in [0, 0.05) is 25.9 Å². The minimum Gasteiger partial charge on any atom is -0.347 e. The summed E-state index contributed by atoms with van der Waals surface area (Å²) in [7, 11) is 2.81. The maximum atomic E-state index is 12.3. The third kappa shape index (κ3) is 6.09. The molecule has 0 aliphatic carbocycles. The van der Waals surface area contributed by atoms with Crippen LogP contribution in [-0.2, 0) is 9.59 Å². The molecule has 0 heterocycles. The van der Waals surface area contributed by atoms with Crippen molar-refractivity contribution >= 4 is 23.4 Å². The molecule has 1 atom stereocenters. The SMILES string of the molecule is CC(CCl)C(=O)N(CC(=O)N(C)C)CC(F)(F)F. The Morgan fingerprint density at radius 2 is 1.78 bits per heavy atom. The van der Waals surface area contributed by atoms with Crippen LogP contribution in [0.1, 0.15) is 6.92 Å². The molecule has 0 aliphatic heterocycles. The molecule has 0 aromatic rings. The van der Waals surface area contributed by atoms with Crippen molar-refractivity contribution in [3.05, 3.63) is 0 Å². The molecule has 2 amide bonds. The predicted molar refractivity (Wildman–Crippen MR) is 61.2 cm³/mol. The van der Waals surface area contributed by atoms with Gasteiger partial charge in [-0.25, -0.2) is 0 Å². The summed E-state index contributed by atoms with van der Waals surface area (Å²) in [6.45, 7) is -0.641. The van der Waals surface area contributed by atoms with Crippen LogP contribution in [0, 0.1) is 5.92 Å². The van der Waals surface area contributed by atoms with Crippen LogP contribution >= 0.6 is 11.6 Å². The van der Waals surface area contributed by atoms with Crippen LogP contribution in [0.3, 0.4) is 0 Å². The molecule has 0 N–H and O–H groups in total. The summed E-state index contributed by atoms with van der Waals surface area (Å²) in [4.78, 5) is 24.7. The maximum absolute atomic E-state index is 12.3. The van der Waals surface area contributed by atoms with Crippen molar-refractivity contribution in [1.29, 1.82) is 0 Å². The number of hydrogen-bond acceptors (Lipinski definition) is 2. The van der Waals surface area contributed by atoms with E-state index in [2.05, 4.69) is 0 Å². The van der Waals surface area contributed by atoms with E-state index in [1.165, 1.54) is 21.0 Å².